The van der Waals surface area contributed by atoms with Crippen LogP contribution in [-0.2, 0) is 4.79 Å². The molecule has 1 fully saturated rings. The number of amides is 2. The van der Waals surface area contributed by atoms with Crippen LogP contribution in [0.15, 0.2) is 42.5 Å². The van der Waals surface area contributed by atoms with E-state index in [0.29, 0.717) is 47.5 Å². The number of piperazine rings is 1. The minimum atomic E-state index is -0.374. The normalized spacial score (nSPS) is 14.7. The van der Waals surface area contributed by atoms with E-state index in [2.05, 4.69) is 10.2 Å². The maximum Gasteiger partial charge on any atom is 0.257 e. The van der Waals surface area contributed by atoms with Crippen LogP contribution in [0, 0.1) is 5.41 Å². The molecule has 1 aliphatic rings. The number of nitrogens with one attached hydrogen (secondary N) is 1. The maximum absolute atomic E-state index is 12.4. The van der Waals surface area contributed by atoms with Crippen LogP contribution in [-0.4, -0.2) is 42.9 Å². The lowest BCUT2D eigenvalue weighted by molar-refractivity contribution is -0.139. The third-order valence-electron chi connectivity index (χ3n) is 4.87. The molecule has 0 unspecified atom stereocenters. The largest absolute Gasteiger partial charge is 0.367 e. The number of anilines is 2. The standard InChI is InChI=1S/C22H25Cl2N3O2/c1-22(2,3)21(29)27-12-10-26(11-13-27)19-9-8-15(14-18(19)24)25-20(28)16-6-4-5-7-17(16)23/h4-9,14H,10-13H2,1-3H3,(H,25,28). The fourth-order valence-corrected chi connectivity index (χ4v) is 3.83. The van der Waals surface area contributed by atoms with E-state index in [1.165, 1.54) is 0 Å². The van der Waals surface area contributed by atoms with Gasteiger partial charge in [0.2, 0.25) is 5.91 Å². The van der Waals surface area contributed by atoms with Gasteiger partial charge in [0.05, 0.1) is 21.3 Å². The van der Waals surface area contributed by atoms with E-state index in [0.717, 1.165) is 5.69 Å². The molecule has 1 saturated heterocycles. The van der Waals surface area contributed by atoms with Gasteiger partial charge in [0.15, 0.2) is 0 Å². The molecule has 0 spiro atoms. The van der Waals surface area contributed by atoms with E-state index in [1.807, 2.05) is 37.8 Å². The molecule has 0 radical (unpaired) electrons. The van der Waals surface area contributed by atoms with Gasteiger partial charge in [0.25, 0.3) is 5.91 Å². The van der Waals surface area contributed by atoms with Crippen molar-refractivity contribution in [2.24, 2.45) is 5.41 Å². The second-order valence-electron chi connectivity index (χ2n) is 8.13. The molecule has 0 bridgehead atoms. The number of rotatable bonds is 3. The Hall–Kier alpha value is -2.24. The summed E-state index contributed by atoms with van der Waals surface area (Å²) in [6.07, 6.45) is 0. The van der Waals surface area contributed by atoms with Crippen LogP contribution in [0.1, 0.15) is 31.1 Å². The molecule has 0 saturated carbocycles. The Morgan fingerprint density at radius 3 is 2.17 bits per heavy atom. The zero-order chi connectivity index (χ0) is 21.2. The predicted molar refractivity (Wildman–Crippen MR) is 119 cm³/mol. The molecule has 1 N–H and O–H groups in total. The van der Waals surface area contributed by atoms with Gasteiger partial charge in [-0.2, -0.15) is 0 Å². The lowest BCUT2D eigenvalue weighted by Gasteiger charge is -2.39. The molecule has 7 heteroatoms. The van der Waals surface area contributed by atoms with Crippen LogP contribution < -0.4 is 10.2 Å². The van der Waals surface area contributed by atoms with Crippen molar-refractivity contribution in [1.29, 1.82) is 0 Å². The third kappa shape index (κ3) is 5.03. The van der Waals surface area contributed by atoms with Crippen LogP contribution in [0.5, 0.6) is 0 Å². The molecule has 2 aromatic rings. The summed E-state index contributed by atoms with van der Waals surface area (Å²) >= 11 is 12.6. The molecular weight excluding hydrogens is 409 g/mol. The average Bonchev–Trinajstić information content (AvgIpc) is 2.67. The van der Waals surface area contributed by atoms with Crippen molar-refractivity contribution in [3.05, 3.63) is 58.1 Å². The van der Waals surface area contributed by atoms with Crippen molar-refractivity contribution in [1.82, 2.24) is 4.90 Å². The van der Waals surface area contributed by atoms with Crippen LogP contribution in [0.3, 0.4) is 0 Å². The van der Waals surface area contributed by atoms with Crippen molar-refractivity contribution in [2.45, 2.75) is 20.8 Å². The zero-order valence-corrected chi connectivity index (χ0v) is 18.3. The van der Waals surface area contributed by atoms with Crippen molar-refractivity contribution < 1.29 is 9.59 Å². The highest BCUT2D eigenvalue weighted by molar-refractivity contribution is 6.35. The first-order valence-electron chi connectivity index (χ1n) is 9.56. The highest BCUT2D eigenvalue weighted by Gasteiger charge is 2.30. The van der Waals surface area contributed by atoms with Crippen molar-refractivity contribution in [3.8, 4) is 0 Å². The molecule has 1 heterocycles. The van der Waals surface area contributed by atoms with Gasteiger partial charge in [-0.15, -0.1) is 0 Å². The quantitative estimate of drug-likeness (QED) is 0.745. The van der Waals surface area contributed by atoms with Crippen LogP contribution in [0.4, 0.5) is 11.4 Å². The van der Waals surface area contributed by atoms with E-state index in [1.54, 1.807) is 30.3 Å². The first-order chi connectivity index (χ1) is 13.7. The Kier molecular flexibility index (Phi) is 6.39. The monoisotopic (exact) mass is 433 g/mol. The number of carbonyl (C=O) groups excluding carboxylic acids is 2. The Balaban J connectivity index is 1.65. The predicted octanol–water partition coefficient (Wildman–Crippen LogP) is 4.94. The first-order valence-corrected chi connectivity index (χ1v) is 10.3. The number of hydrogen-bond donors (Lipinski definition) is 1. The Bertz CT molecular complexity index is 917. The molecule has 2 aromatic carbocycles. The smallest absolute Gasteiger partial charge is 0.257 e. The second-order valence-corrected chi connectivity index (χ2v) is 8.94. The molecule has 3 rings (SSSR count). The SMILES string of the molecule is CC(C)(C)C(=O)N1CCN(c2ccc(NC(=O)c3ccccc3Cl)cc2Cl)CC1. The maximum atomic E-state index is 12.4. The van der Waals surface area contributed by atoms with Crippen LogP contribution in [0.25, 0.3) is 0 Å². The highest BCUT2D eigenvalue weighted by atomic mass is 35.5. The number of nitrogens with zero attached hydrogens (tertiary/aromatic N) is 2. The van der Waals surface area contributed by atoms with E-state index in [9.17, 15) is 9.59 Å². The molecule has 5 nitrogen and oxygen atoms in total. The van der Waals surface area contributed by atoms with E-state index in [4.69, 9.17) is 23.2 Å². The van der Waals surface area contributed by atoms with E-state index >= 15 is 0 Å². The van der Waals surface area contributed by atoms with Gasteiger partial charge >= 0.3 is 0 Å². The first kappa shape index (κ1) is 21.5. The van der Waals surface area contributed by atoms with Gasteiger partial charge in [-0.05, 0) is 30.3 Å². The summed E-state index contributed by atoms with van der Waals surface area (Å²) in [6, 6.07) is 12.3. The Labute approximate surface area is 181 Å². The van der Waals surface area contributed by atoms with Gasteiger partial charge in [-0.1, -0.05) is 56.1 Å². The lowest BCUT2D eigenvalue weighted by atomic mass is 9.94. The second kappa shape index (κ2) is 8.64. The van der Waals surface area contributed by atoms with Gasteiger partial charge in [-0.3, -0.25) is 9.59 Å². The molecule has 29 heavy (non-hydrogen) atoms. The summed E-state index contributed by atoms with van der Waals surface area (Å²) in [6.45, 7) is 8.57. The Morgan fingerprint density at radius 2 is 1.59 bits per heavy atom. The Morgan fingerprint density at radius 1 is 0.931 bits per heavy atom. The minimum absolute atomic E-state index is 0.167. The summed E-state index contributed by atoms with van der Waals surface area (Å²) in [4.78, 5) is 28.9. The van der Waals surface area contributed by atoms with Crippen molar-refractivity contribution in [3.63, 3.8) is 0 Å². The molecule has 0 aliphatic carbocycles. The van der Waals surface area contributed by atoms with E-state index in [-0.39, 0.29) is 17.2 Å². The summed E-state index contributed by atoms with van der Waals surface area (Å²) in [5.41, 5.74) is 1.53. The number of hydrogen-bond acceptors (Lipinski definition) is 3. The minimum Gasteiger partial charge on any atom is -0.367 e. The van der Waals surface area contributed by atoms with Crippen LogP contribution in [0.2, 0.25) is 10.0 Å². The summed E-state index contributed by atoms with van der Waals surface area (Å²) in [5, 5.41) is 3.78. The van der Waals surface area contributed by atoms with Gasteiger partial charge < -0.3 is 15.1 Å². The fraction of sp³-hybridized carbons (Fsp3) is 0.364. The molecule has 2 amide bonds. The average molecular weight is 434 g/mol. The molecular formula is C22H25Cl2N3O2. The molecule has 0 aromatic heterocycles. The molecule has 0 atom stereocenters. The van der Waals surface area contributed by atoms with Gasteiger partial charge in [0, 0.05) is 37.3 Å². The summed E-state index contributed by atoms with van der Waals surface area (Å²) in [7, 11) is 0. The van der Waals surface area contributed by atoms with Gasteiger partial charge in [0.1, 0.15) is 0 Å². The third-order valence-corrected chi connectivity index (χ3v) is 5.51. The molecule has 154 valence electrons. The van der Waals surface area contributed by atoms with Crippen LogP contribution >= 0.6 is 23.2 Å². The van der Waals surface area contributed by atoms with Crippen molar-refractivity contribution >= 4 is 46.4 Å². The number of benzene rings is 2. The summed E-state index contributed by atoms with van der Waals surface area (Å²) < 4.78 is 0. The fourth-order valence-electron chi connectivity index (χ4n) is 3.31. The van der Waals surface area contributed by atoms with Crippen molar-refractivity contribution in [2.75, 3.05) is 36.4 Å². The topological polar surface area (TPSA) is 52.7 Å². The molecule has 1 aliphatic heterocycles. The number of carbonyl (C=O) groups is 2. The number of halogens is 2. The van der Waals surface area contributed by atoms with Gasteiger partial charge in [-0.25, -0.2) is 0 Å². The lowest BCUT2D eigenvalue weighted by Crippen LogP contribution is -2.51. The summed E-state index contributed by atoms with van der Waals surface area (Å²) in [5.74, 6) is -0.116. The van der Waals surface area contributed by atoms with E-state index < -0.39 is 0 Å². The zero-order valence-electron chi connectivity index (χ0n) is 16.8. The highest BCUT2D eigenvalue weighted by Crippen LogP contribution is 2.30.